The number of hydrogen-bond donors (Lipinski definition) is 1. The number of alkyl halides is 1. The number of nitrogens with zero attached hydrogens (tertiary/aromatic N) is 4. The Kier molecular flexibility index (Phi) is 4.93. The number of ether oxygens (including phenoxy) is 1. The van der Waals surface area contributed by atoms with Crippen LogP contribution >= 0.6 is 11.6 Å². The van der Waals surface area contributed by atoms with Crippen molar-refractivity contribution in [3.05, 3.63) is 11.1 Å². The Morgan fingerprint density at radius 2 is 2.07 bits per heavy atom. The van der Waals surface area contributed by atoms with E-state index in [4.69, 9.17) is 16.3 Å². The van der Waals surface area contributed by atoms with Gasteiger partial charge in [0.15, 0.2) is 5.82 Å². The summed E-state index contributed by atoms with van der Waals surface area (Å²) in [6, 6.07) is 0.0943. The van der Waals surface area contributed by atoms with E-state index in [0.717, 1.165) is 12.8 Å². The van der Waals surface area contributed by atoms with Crippen molar-refractivity contribution in [2.24, 2.45) is 0 Å². The van der Waals surface area contributed by atoms with Crippen molar-refractivity contribution in [2.75, 3.05) is 31.6 Å². The summed E-state index contributed by atoms with van der Waals surface area (Å²) in [6.45, 7) is 5.56. The Hall–Kier alpha value is -1.25. The van der Waals surface area contributed by atoms with Gasteiger partial charge in [-0.25, -0.2) is 4.39 Å². The molecule has 9 heteroatoms. The van der Waals surface area contributed by atoms with E-state index in [1.165, 1.54) is 0 Å². The second-order valence-corrected chi connectivity index (χ2v) is 8.64. The highest BCUT2D eigenvalue weighted by atomic mass is 35.5. The van der Waals surface area contributed by atoms with Gasteiger partial charge < -0.3 is 15.0 Å². The van der Waals surface area contributed by atoms with Crippen molar-refractivity contribution in [3.63, 3.8) is 0 Å². The lowest BCUT2D eigenvalue weighted by molar-refractivity contribution is 0.112. The molecule has 1 N–H and O–H groups in total. The maximum absolute atomic E-state index is 15.2. The quantitative estimate of drug-likeness (QED) is 0.782. The van der Waals surface area contributed by atoms with Gasteiger partial charge in [0, 0.05) is 37.3 Å². The largest absolute Gasteiger partial charge is 0.471 e. The first-order valence-electron chi connectivity index (χ1n) is 9.53. The highest BCUT2D eigenvalue weighted by Crippen LogP contribution is 2.40. The average molecular weight is 402 g/mol. The third kappa shape index (κ3) is 3.84. The Labute approximate surface area is 163 Å². The fourth-order valence-electron chi connectivity index (χ4n) is 4.44. The van der Waals surface area contributed by atoms with E-state index < -0.39 is 18.1 Å². The molecule has 1 saturated carbocycles. The summed E-state index contributed by atoms with van der Waals surface area (Å²) in [5, 5.41) is 3.53. The maximum atomic E-state index is 15.2. The monoisotopic (exact) mass is 401 g/mol. The minimum Gasteiger partial charge on any atom is -0.471 e. The lowest BCUT2D eigenvalue weighted by Crippen LogP contribution is -2.57. The molecule has 3 fully saturated rings. The summed E-state index contributed by atoms with van der Waals surface area (Å²) in [4.78, 5) is 11.9. The smallest absolute Gasteiger partial charge is 0.257 e. The van der Waals surface area contributed by atoms with E-state index in [0.29, 0.717) is 26.1 Å². The van der Waals surface area contributed by atoms with E-state index in [2.05, 4.69) is 22.2 Å². The predicted molar refractivity (Wildman–Crippen MR) is 99.8 cm³/mol. The van der Waals surface area contributed by atoms with Gasteiger partial charge in [-0.05, 0) is 51.8 Å². The molecule has 1 spiro atoms. The first-order valence-corrected chi connectivity index (χ1v) is 9.91. The van der Waals surface area contributed by atoms with E-state index in [1.54, 1.807) is 6.92 Å². The van der Waals surface area contributed by atoms with Crippen molar-refractivity contribution in [1.29, 1.82) is 0 Å². The SMILES string of the molecule is C[C@@H]1CN(c2nc(Cl)nc(O[C@@H](C)[C@@H]3C[C@@H](F)CN3C)c2F)CC2(CC2)N1. The molecule has 4 atom stereocenters. The molecule has 0 aromatic carbocycles. The maximum Gasteiger partial charge on any atom is 0.257 e. The zero-order chi connectivity index (χ0) is 19.3. The number of hydrogen-bond acceptors (Lipinski definition) is 6. The van der Waals surface area contributed by atoms with Gasteiger partial charge in [-0.15, -0.1) is 0 Å². The second kappa shape index (κ2) is 6.97. The van der Waals surface area contributed by atoms with Crippen LogP contribution in [0.1, 0.15) is 33.1 Å². The topological polar surface area (TPSA) is 53.5 Å². The second-order valence-electron chi connectivity index (χ2n) is 8.30. The number of halogens is 3. The molecule has 1 aromatic rings. The van der Waals surface area contributed by atoms with Crippen molar-refractivity contribution in [3.8, 4) is 5.88 Å². The van der Waals surface area contributed by atoms with Crippen molar-refractivity contribution in [1.82, 2.24) is 20.2 Å². The standard InChI is InChI=1S/C18H26ClF2N5O/c1-10-7-26(9-18(24-10)4-5-18)15-14(21)16(23-17(19)22-15)27-11(2)13-6-12(20)8-25(13)3/h10-13,24H,4-9H2,1-3H3/t10-,11+,12-,13+/m1/s1. The van der Waals surface area contributed by atoms with Crippen LogP contribution in [0.25, 0.3) is 0 Å². The Bertz CT molecular complexity index is 719. The average Bonchev–Trinajstić information content (AvgIpc) is 3.22. The Morgan fingerprint density at radius 1 is 1.33 bits per heavy atom. The molecule has 3 aliphatic rings. The molecule has 0 amide bonds. The minimum atomic E-state index is -0.891. The highest BCUT2D eigenvalue weighted by molar-refractivity contribution is 6.28. The van der Waals surface area contributed by atoms with Gasteiger partial charge in [-0.3, -0.25) is 4.90 Å². The summed E-state index contributed by atoms with van der Waals surface area (Å²) < 4.78 is 34.7. The lowest BCUT2D eigenvalue weighted by atomic mass is 10.1. The lowest BCUT2D eigenvalue weighted by Gasteiger charge is -2.39. The van der Waals surface area contributed by atoms with Crippen molar-refractivity contribution >= 4 is 17.4 Å². The first-order chi connectivity index (χ1) is 12.8. The Morgan fingerprint density at radius 3 is 2.70 bits per heavy atom. The zero-order valence-corrected chi connectivity index (χ0v) is 16.6. The third-order valence-electron chi connectivity index (χ3n) is 5.86. The Balaban J connectivity index is 1.56. The predicted octanol–water partition coefficient (Wildman–Crippen LogP) is 2.41. The van der Waals surface area contributed by atoms with Gasteiger partial charge in [0.25, 0.3) is 5.88 Å². The molecule has 2 saturated heterocycles. The van der Waals surface area contributed by atoms with Crippen molar-refractivity contribution in [2.45, 2.75) is 63.0 Å². The van der Waals surface area contributed by atoms with E-state index in [1.807, 2.05) is 16.8 Å². The molecule has 2 aliphatic heterocycles. The molecule has 3 heterocycles. The van der Waals surface area contributed by atoms with E-state index in [9.17, 15) is 4.39 Å². The number of rotatable bonds is 4. The van der Waals surface area contributed by atoms with Gasteiger partial charge in [-0.1, -0.05) is 0 Å². The summed E-state index contributed by atoms with van der Waals surface area (Å²) in [5.74, 6) is -0.585. The van der Waals surface area contributed by atoms with Crippen LogP contribution in [0.5, 0.6) is 5.88 Å². The fraction of sp³-hybridized carbons (Fsp3) is 0.778. The van der Waals surface area contributed by atoms with Gasteiger partial charge in [-0.2, -0.15) is 14.4 Å². The third-order valence-corrected chi connectivity index (χ3v) is 6.03. The van der Waals surface area contributed by atoms with E-state index in [-0.39, 0.29) is 34.6 Å². The normalized spacial score (nSPS) is 31.3. The molecule has 0 radical (unpaired) electrons. The van der Waals surface area contributed by atoms with Crippen LogP contribution in [0.4, 0.5) is 14.6 Å². The van der Waals surface area contributed by atoms with Crippen LogP contribution in [0.15, 0.2) is 0 Å². The number of piperazine rings is 1. The van der Waals surface area contributed by atoms with Crippen LogP contribution < -0.4 is 15.0 Å². The van der Waals surface area contributed by atoms with Crippen molar-refractivity contribution < 1.29 is 13.5 Å². The molecule has 0 unspecified atom stereocenters. The summed E-state index contributed by atoms with van der Waals surface area (Å²) in [5.41, 5.74) is 0.0541. The molecule has 1 aliphatic carbocycles. The highest BCUT2D eigenvalue weighted by Gasteiger charge is 2.48. The summed E-state index contributed by atoms with van der Waals surface area (Å²) >= 11 is 6.08. The number of nitrogens with one attached hydrogen (secondary N) is 1. The molecule has 6 nitrogen and oxygen atoms in total. The number of likely N-dealkylation sites (tertiary alicyclic amines) is 1. The van der Waals surface area contributed by atoms with Crippen LogP contribution in [-0.2, 0) is 0 Å². The molecule has 150 valence electrons. The zero-order valence-electron chi connectivity index (χ0n) is 15.9. The van der Waals surface area contributed by atoms with Crippen LogP contribution in [-0.4, -0.2) is 71.4 Å². The number of likely N-dealkylation sites (N-methyl/N-ethyl adjacent to an activating group) is 1. The van der Waals surface area contributed by atoms with Crippen LogP contribution in [0.3, 0.4) is 0 Å². The minimum absolute atomic E-state index is 0.0484. The van der Waals surface area contributed by atoms with Crippen LogP contribution in [0.2, 0.25) is 5.28 Å². The fourth-order valence-corrected chi connectivity index (χ4v) is 4.59. The van der Waals surface area contributed by atoms with E-state index >= 15 is 4.39 Å². The number of anilines is 1. The molecular weight excluding hydrogens is 376 g/mol. The van der Waals surface area contributed by atoms with Gasteiger partial charge >= 0.3 is 0 Å². The molecule has 0 bridgehead atoms. The molecule has 4 rings (SSSR count). The van der Waals surface area contributed by atoms with Crippen LogP contribution in [0, 0.1) is 5.82 Å². The van der Waals surface area contributed by atoms with Gasteiger partial charge in [0.05, 0.1) is 0 Å². The molecule has 1 aromatic heterocycles. The molecular formula is C18H26ClF2N5O. The summed E-state index contributed by atoms with van der Waals surface area (Å²) in [7, 11) is 1.84. The number of aromatic nitrogens is 2. The first kappa shape index (κ1) is 19.1. The van der Waals surface area contributed by atoms with Gasteiger partial charge in [0.1, 0.15) is 12.3 Å². The van der Waals surface area contributed by atoms with Gasteiger partial charge in [0.2, 0.25) is 11.1 Å². The summed E-state index contributed by atoms with van der Waals surface area (Å²) in [6.07, 6.45) is 1.21. The molecule has 27 heavy (non-hydrogen) atoms.